The molecule has 1 amide bonds. The van der Waals surface area contributed by atoms with E-state index in [1.54, 1.807) is 17.8 Å². The highest BCUT2D eigenvalue weighted by atomic mass is 16.4. The zero-order chi connectivity index (χ0) is 11.9. The molecule has 1 aliphatic heterocycles. The highest BCUT2D eigenvalue weighted by molar-refractivity contribution is 5.97. The number of amides is 1. The average Bonchev–Trinajstić information content (AvgIpc) is 2.44. The third-order valence-corrected chi connectivity index (χ3v) is 3.00. The number of carbonyl (C=O) groups excluding carboxylic acids is 1. The fourth-order valence-corrected chi connectivity index (χ4v) is 1.74. The molecule has 0 atom stereocenters. The number of hydrogen-bond acceptors (Lipinski definition) is 3. The number of rotatable bonds is 2. The van der Waals surface area contributed by atoms with Crippen LogP contribution in [0.3, 0.4) is 0 Å². The van der Waals surface area contributed by atoms with Crippen LogP contribution in [0.5, 0.6) is 0 Å². The lowest BCUT2D eigenvalue weighted by Crippen LogP contribution is -2.52. The van der Waals surface area contributed by atoms with Crippen molar-refractivity contribution in [3.63, 3.8) is 0 Å². The Bertz CT molecular complexity index is 446. The first-order valence-electron chi connectivity index (χ1n) is 5.01. The van der Waals surface area contributed by atoms with E-state index in [0.717, 1.165) is 5.82 Å². The number of hydrogen-bond donors (Lipinski definition) is 1. The van der Waals surface area contributed by atoms with Gasteiger partial charge in [-0.1, -0.05) is 0 Å². The van der Waals surface area contributed by atoms with Gasteiger partial charge < -0.3 is 14.6 Å². The Balaban J connectivity index is 2.06. The van der Waals surface area contributed by atoms with Gasteiger partial charge in [0.2, 0.25) is 0 Å². The highest BCUT2D eigenvalue weighted by Crippen LogP contribution is 2.20. The molecule has 0 bridgehead atoms. The molecule has 1 aromatic heterocycles. The van der Waals surface area contributed by atoms with Crippen LogP contribution in [0.4, 0.5) is 4.79 Å². The van der Waals surface area contributed by atoms with Gasteiger partial charge in [0.15, 0.2) is 5.78 Å². The number of Topliss-reactive ketones (excluding diaryl/α,β-unsaturated/α-hetero) is 1. The molecule has 1 saturated heterocycles. The lowest BCUT2D eigenvalue weighted by molar-refractivity contribution is 0.0603. The van der Waals surface area contributed by atoms with E-state index in [1.165, 1.54) is 4.90 Å². The second-order valence-electron chi connectivity index (χ2n) is 4.00. The monoisotopic (exact) mass is 223 g/mol. The topological polar surface area (TPSA) is 75.4 Å². The summed E-state index contributed by atoms with van der Waals surface area (Å²) in [5, 5.41) is 8.66. The Morgan fingerprint density at radius 2 is 2.12 bits per heavy atom. The van der Waals surface area contributed by atoms with Crippen LogP contribution < -0.4 is 0 Å². The predicted octanol–water partition coefficient (Wildman–Crippen LogP) is 0.521. The van der Waals surface area contributed by atoms with Gasteiger partial charge in [0.1, 0.15) is 11.5 Å². The lowest BCUT2D eigenvalue weighted by atomic mass is 9.94. The third kappa shape index (κ3) is 1.56. The van der Waals surface area contributed by atoms with Gasteiger partial charge in [-0.05, 0) is 6.92 Å². The summed E-state index contributed by atoms with van der Waals surface area (Å²) in [5.41, 5.74) is 0.549. The van der Waals surface area contributed by atoms with Crippen LogP contribution in [0.15, 0.2) is 6.20 Å². The smallest absolute Gasteiger partial charge is 0.407 e. The highest BCUT2D eigenvalue weighted by Gasteiger charge is 2.37. The molecule has 6 heteroatoms. The maximum absolute atomic E-state index is 11.9. The molecule has 1 N–H and O–H groups in total. The first-order valence-corrected chi connectivity index (χ1v) is 5.01. The van der Waals surface area contributed by atoms with Crippen molar-refractivity contribution >= 4 is 11.9 Å². The van der Waals surface area contributed by atoms with Crippen LogP contribution >= 0.6 is 0 Å². The van der Waals surface area contributed by atoms with E-state index in [1.807, 2.05) is 6.92 Å². The van der Waals surface area contributed by atoms with Gasteiger partial charge in [-0.25, -0.2) is 9.78 Å². The van der Waals surface area contributed by atoms with E-state index in [-0.39, 0.29) is 11.7 Å². The molecule has 16 heavy (non-hydrogen) atoms. The summed E-state index contributed by atoms with van der Waals surface area (Å²) in [6.45, 7) is 2.40. The van der Waals surface area contributed by atoms with Gasteiger partial charge >= 0.3 is 6.09 Å². The quantitative estimate of drug-likeness (QED) is 0.742. The number of carboxylic acid groups (broad SMARTS) is 1. The molecule has 0 radical (unpaired) electrons. The summed E-state index contributed by atoms with van der Waals surface area (Å²) in [4.78, 5) is 27.8. The average molecular weight is 223 g/mol. The maximum Gasteiger partial charge on any atom is 0.407 e. The Hall–Kier alpha value is -1.85. The Morgan fingerprint density at radius 3 is 2.56 bits per heavy atom. The van der Waals surface area contributed by atoms with Crippen LogP contribution in [0, 0.1) is 12.8 Å². The lowest BCUT2D eigenvalue weighted by Gasteiger charge is -2.35. The second kappa shape index (κ2) is 3.62. The minimum atomic E-state index is -0.967. The largest absolute Gasteiger partial charge is 0.465 e. The van der Waals surface area contributed by atoms with Crippen molar-refractivity contribution < 1.29 is 14.7 Å². The molecule has 1 fully saturated rings. The number of nitrogens with zero attached hydrogens (tertiary/aromatic N) is 3. The molecular formula is C10H13N3O3. The molecule has 0 unspecified atom stereocenters. The maximum atomic E-state index is 11.9. The van der Waals surface area contributed by atoms with E-state index in [0.29, 0.717) is 18.8 Å². The second-order valence-corrected chi connectivity index (χ2v) is 4.00. The standard InChI is InChI=1S/C10H13N3O3/c1-6-11-3-8(12(6)2)9(14)7-4-13(5-7)10(15)16/h3,7H,4-5H2,1-2H3,(H,15,16). The molecule has 6 nitrogen and oxygen atoms in total. The number of imidazole rings is 1. The fraction of sp³-hybridized carbons (Fsp3) is 0.500. The summed E-state index contributed by atoms with van der Waals surface area (Å²) in [5.74, 6) is 0.532. The minimum Gasteiger partial charge on any atom is -0.465 e. The van der Waals surface area contributed by atoms with E-state index in [9.17, 15) is 9.59 Å². The van der Waals surface area contributed by atoms with Crippen molar-refractivity contribution in [2.75, 3.05) is 13.1 Å². The van der Waals surface area contributed by atoms with Gasteiger partial charge in [0.05, 0.1) is 12.1 Å². The summed E-state index contributed by atoms with van der Waals surface area (Å²) >= 11 is 0. The van der Waals surface area contributed by atoms with E-state index >= 15 is 0 Å². The van der Waals surface area contributed by atoms with Gasteiger partial charge in [0.25, 0.3) is 0 Å². The van der Waals surface area contributed by atoms with E-state index in [2.05, 4.69) is 4.98 Å². The van der Waals surface area contributed by atoms with E-state index < -0.39 is 6.09 Å². The number of aromatic nitrogens is 2. The van der Waals surface area contributed by atoms with Crippen molar-refractivity contribution in [2.45, 2.75) is 6.92 Å². The molecule has 1 aliphatic rings. The molecule has 0 spiro atoms. The number of carbonyl (C=O) groups is 2. The number of aryl methyl sites for hydroxylation is 1. The Kier molecular flexibility index (Phi) is 2.41. The van der Waals surface area contributed by atoms with Crippen molar-refractivity contribution in [1.82, 2.24) is 14.5 Å². The zero-order valence-electron chi connectivity index (χ0n) is 9.17. The van der Waals surface area contributed by atoms with Crippen LogP contribution in [0.1, 0.15) is 16.3 Å². The van der Waals surface area contributed by atoms with Crippen LogP contribution in [0.2, 0.25) is 0 Å². The van der Waals surface area contributed by atoms with Crippen molar-refractivity contribution in [1.29, 1.82) is 0 Å². The van der Waals surface area contributed by atoms with Crippen molar-refractivity contribution in [3.8, 4) is 0 Å². The van der Waals surface area contributed by atoms with Gasteiger partial charge in [-0.2, -0.15) is 0 Å². The summed E-state index contributed by atoms with van der Waals surface area (Å²) in [7, 11) is 1.78. The molecule has 1 aromatic rings. The van der Waals surface area contributed by atoms with Crippen LogP contribution in [0.25, 0.3) is 0 Å². The van der Waals surface area contributed by atoms with Gasteiger partial charge in [-0.15, -0.1) is 0 Å². The molecular weight excluding hydrogens is 210 g/mol. The predicted molar refractivity (Wildman–Crippen MR) is 55.4 cm³/mol. The first-order chi connectivity index (χ1) is 7.50. The Labute approximate surface area is 92.5 Å². The molecule has 0 saturated carbocycles. The Morgan fingerprint density at radius 1 is 1.50 bits per heavy atom. The third-order valence-electron chi connectivity index (χ3n) is 3.00. The minimum absolute atomic E-state index is 0.0272. The van der Waals surface area contributed by atoms with Crippen LogP contribution in [-0.4, -0.2) is 44.5 Å². The number of likely N-dealkylation sites (tertiary alicyclic amines) is 1. The number of ketones is 1. The fourth-order valence-electron chi connectivity index (χ4n) is 1.74. The van der Waals surface area contributed by atoms with Crippen molar-refractivity contribution in [3.05, 3.63) is 17.7 Å². The molecule has 2 heterocycles. The summed E-state index contributed by atoms with van der Waals surface area (Å²) < 4.78 is 1.73. The summed E-state index contributed by atoms with van der Waals surface area (Å²) in [6.07, 6.45) is 0.575. The normalized spacial score (nSPS) is 16.0. The zero-order valence-corrected chi connectivity index (χ0v) is 9.17. The molecule has 0 aliphatic carbocycles. The SMILES string of the molecule is Cc1ncc(C(=O)C2CN(C(=O)O)C2)n1C. The van der Waals surface area contributed by atoms with Crippen LogP contribution in [-0.2, 0) is 7.05 Å². The van der Waals surface area contributed by atoms with Crippen molar-refractivity contribution in [2.24, 2.45) is 13.0 Å². The molecule has 86 valence electrons. The van der Waals surface area contributed by atoms with Gasteiger partial charge in [0, 0.05) is 20.1 Å². The molecule has 2 rings (SSSR count). The summed E-state index contributed by atoms with van der Waals surface area (Å²) in [6, 6.07) is 0. The first kappa shape index (κ1) is 10.7. The van der Waals surface area contributed by atoms with E-state index in [4.69, 9.17) is 5.11 Å². The molecule has 0 aromatic carbocycles. The van der Waals surface area contributed by atoms with Gasteiger partial charge in [-0.3, -0.25) is 4.79 Å².